The van der Waals surface area contributed by atoms with Crippen molar-refractivity contribution >= 4 is 11.8 Å². The molecule has 2 aliphatic rings. The smallest absolute Gasteiger partial charge is 0.253 e. The Bertz CT molecular complexity index is 966. The van der Waals surface area contributed by atoms with Gasteiger partial charge in [0.2, 0.25) is 5.91 Å². The molecule has 6 heteroatoms. The molecule has 1 atom stereocenters. The van der Waals surface area contributed by atoms with Gasteiger partial charge in [-0.05, 0) is 44.1 Å². The SMILES string of the molecule is C[C@H](NC(=O)c1cnc(-c2ccccc2)c(C#N)c1)C(=O)N1CCC2(CC1)CC2. The third kappa shape index (κ3) is 4.00. The molecule has 4 rings (SSSR count). The van der Waals surface area contributed by atoms with Gasteiger partial charge in [-0.1, -0.05) is 30.3 Å². The molecule has 0 unspecified atom stereocenters. The Morgan fingerprint density at radius 2 is 1.86 bits per heavy atom. The molecule has 2 amide bonds. The van der Waals surface area contributed by atoms with Crippen LogP contribution in [-0.2, 0) is 4.79 Å². The fraction of sp³-hybridized carbons (Fsp3) is 0.391. The Balaban J connectivity index is 1.42. The Kier molecular flexibility index (Phi) is 5.06. The normalized spacial score (nSPS) is 18.0. The molecule has 0 bridgehead atoms. The second-order valence-corrected chi connectivity index (χ2v) is 8.12. The van der Waals surface area contributed by atoms with Crippen LogP contribution in [0.25, 0.3) is 11.3 Å². The topological polar surface area (TPSA) is 86.1 Å². The summed E-state index contributed by atoms with van der Waals surface area (Å²) in [5.74, 6) is -0.451. The van der Waals surface area contributed by atoms with Gasteiger partial charge in [-0.3, -0.25) is 14.6 Å². The zero-order valence-corrected chi connectivity index (χ0v) is 16.5. The Morgan fingerprint density at radius 3 is 2.48 bits per heavy atom. The highest BCUT2D eigenvalue weighted by Gasteiger charge is 2.45. The average molecular weight is 388 g/mol. The Labute approximate surface area is 170 Å². The number of rotatable bonds is 4. The largest absolute Gasteiger partial charge is 0.341 e. The van der Waals surface area contributed by atoms with Gasteiger partial charge in [-0.25, -0.2) is 0 Å². The minimum atomic E-state index is -0.616. The number of hydrogen-bond acceptors (Lipinski definition) is 4. The van der Waals surface area contributed by atoms with Crippen molar-refractivity contribution in [3.63, 3.8) is 0 Å². The van der Waals surface area contributed by atoms with Gasteiger partial charge < -0.3 is 10.2 Å². The van der Waals surface area contributed by atoms with Gasteiger partial charge in [-0.15, -0.1) is 0 Å². The molecule has 2 heterocycles. The van der Waals surface area contributed by atoms with Crippen molar-refractivity contribution in [2.45, 2.75) is 38.6 Å². The first-order valence-corrected chi connectivity index (χ1v) is 10.1. The summed E-state index contributed by atoms with van der Waals surface area (Å²) in [6.45, 7) is 3.24. The van der Waals surface area contributed by atoms with Crippen LogP contribution in [0.3, 0.4) is 0 Å². The Hall–Kier alpha value is -3.20. The molecule has 1 aliphatic heterocycles. The van der Waals surface area contributed by atoms with Gasteiger partial charge in [0.25, 0.3) is 5.91 Å². The molecule has 1 aromatic heterocycles. The van der Waals surface area contributed by atoms with Crippen LogP contribution in [0.5, 0.6) is 0 Å². The van der Waals surface area contributed by atoms with Crippen LogP contribution in [-0.4, -0.2) is 40.8 Å². The van der Waals surface area contributed by atoms with E-state index in [-0.39, 0.29) is 11.5 Å². The van der Waals surface area contributed by atoms with Crippen LogP contribution in [0.4, 0.5) is 0 Å². The van der Waals surface area contributed by atoms with Crippen molar-refractivity contribution in [1.82, 2.24) is 15.2 Å². The summed E-state index contributed by atoms with van der Waals surface area (Å²) in [4.78, 5) is 31.5. The van der Waals surface area contributed by atoms with E-state index in [1.54, 1.807) is 6.92 Å². The molecule has 1 N–H and O–H groups in total. The standard InChI is InChI=1S/C23H24N4O2/c1-16(22(29)27-11-9-23(7-8-23)10-12-27)26-21(28)19-13-18(14-24)20(25-15-19)17-5-3-2-4-6-17/h2-6,13,15-16H,7-12H2,1H3,(H,26,28)/t16-/m0/s1. The van der Waals surface area contributed by atoms with Crippen LogP contribution in [0, 0.1) is 16.7 Å². The molecular weight excluding hydrogens is 364 g/mol. The number of nitrogens with zero attached hydrogens (tertiary/aromatic N) is 3. The number of carbonyl (C=O) groups is 2. The van der Waals surface area contributed by atoms with E-state index in [0.717, 1.165) is 31.5 Å². The van der Waals surface area contributed by atoms with E-state index in [1.165, 1.54) is 25.1 Å². The van der Waals surface area contributed by atoms with Crippen LogP contribution in [0.2, 0.25) is 0 Å². The van der Waals surface area contributed by atoms with Crippen molar-refractivity contribution in [1.29, 1.82) is 5.26 Å². The molecule has 1 saturated heterocycles. The summed E-state index contributed by atoms with van der Waals surface area (Å²) in [7, 11) is 0. The van der Waals surface area contributed by atoms with Crippen molar-refractivity contribution in [3.8, 4) is 17.3 Å². The van der Waals surface area contributed by atoms with Gasteiger partial charge >= 0.3 is 0 Å². The summed E-state index contributed by atoms with van der Waals surface area (Å²) in [5.41, 5.74) is 2.46. The minimum absolute atomic E-state index is 0.0526. The lowest BCUT2D eigenvalue weighted by molar-refractivity contribution is -0.134. The molecule has 148 valence electrons. The number of aromatic nitrogens is 1. The second-order valence-electron chi connectivity index (χ2n) is 8.12. The quantitative estimate of drug-likeness (QED) is 0.872. The maximum atomic E-state index is 12.7. The van der Waals surface area contributed by atoms with Crippen molar-refractivity contribution in [2.75, 3.05) is 13.1 Å². The average Bonchev–Trinajstić information content (AvgIpc) is 3.52. The Morgan fingerprint density at radius 1 is 1.17 bits per heavy atom. The first kappa shape index (κ1) is 19.1. The van der Waals surface area contributed by atoms with Gasteiger partial charge in [0.15, 0.2) is 0 Å². The third-order valence-corrected chi connectivity index (χ3v) is 6.13. The first-order chi connectivity index (χ1) is 14.0. The number of hydrogen-bond donors (Lipinski definition) is 1. The predicted octanol–water partition coefficient (Wildman–Crippen LogP) is 3.14. The first-order valence-electron chi connectivity index (χ1n) is 10.1. The molecular formula is C23H24N4O2. The zero-order chi connectivity index (χ0) is 20.4. The van der Waals surface area contributed by atoms with Crippen molar-refractivity contribution < 1.29 is 9.59 Å². The zero-order valence-electron chi connectivity index (χ0n) is 16.5. The van der Waals surface area contributed by atoms with Gasteiger partial charge in [-0.2, -0.15) is 5.26 Å². The maximum absolute atomic E-state index is 12.7. The highest BCUT2D eigenvalue weighted by Crippen LogP contribution is 2.53. The lowest BCUT2D eigenvalue weighted by Crippen LogP contribution is -2.49. The lowest BCUT2D eigenvalue weighted by Gasteiger charge is -2.33. The van der Waals surface area contributed by atoms with E-state index in [0.29, 0.717) is 16.7 Å². The minimum Gasteiger partial charge on any atom is -0.341 e. The summed E-state index contributed by atoms with van der Waals surface area (Å²) in [6.07, 6.45) is 6.15. The van der Waals surface area contributed by atoms with E-state index in [2.05, 4.69) is 16.4 Å². The third-order valence-electron chi connectivity index (χ3n) is 6.13. The lowest BCUT2D eigenvalue weighted by atomic mass is 9.93. The summed E-state index contributed by atoms with van der Waals surface area (Å²) >= 11 is 0. The molecule has 2 aromatic rings. The van der Waals surface area contributed by atoms with E-state index >= 15 is 0 Å². The predicted molar refractivity (Wildman–Crippen MR) is 109 cm³/mol. The highest BCUT2D eigenvalue weighted by atomic mass is 16.2. The number of pyridine rings is 1. The van der Waals surface area contributed by atoms with Crippen LogP contribution < -0.4 is 5.32 Å². The van der Waals surface area contributed by atoms with Gasteiger partial charge in [0.1, 0.15) is 12.1 Å². The molecule has 2 fully saturated rings. The number of benzene rings is 1. The number of nitrogens with one attached hydrogen (secondary N) is 1. The molecule has 0 radical (unpaired) electrons. The van der Waals surface area contributed by atoms with E-state index in [9.17, 15) is 14.9 Å². The van der Waals surface area contributed by atoms with Crippen molar-refractivity contribution in [2.24, 2.45) is 5.41 Å². The molecule has 29 heavy (non-hydrogen) atoms. The van der Waals surface area contributed by atoms with Crippen LogP contribution >= 0.6 is 0 Å². The van der Waals surface area contributed by atoms with Crippen molar-refractivity contribution in [3.05, 3.63) is 53.7 Å². The number of carbonyl (C=O) groups excluding carboxylic acids is 2. The molecule has 1 spiro atoms. The van der Waals surface area contributed by atoms with Gasteiger partial charge in [0, 0.05) is 24.8 Å². The molecule has 1 aliphatic carbocycles. The van der Waals surface area contributed by atoms with E-state index in [1.807, 2.05) is 35.2 Å². The number of amides is 2. The fourth-order valence-corrected chi connectivity index (χ4v) is 3.99. The summed E-state index contributed by atoms with van der Waals surface area (Å²) in [5, 5.41) is 12.3. The van der Waals surface area contributed by atoms with Crippen LogP contribution in [0.1, 0.15) is 48.5 Å². The molecule has 6 nitrogen and oxygen atoms in total. The molecule has 1 saturated carbocycles. The monoisotopic (exact) mass is 388 g/mol. The van der Waals surface area contributed by atoms with Crippen LogP contribution in [0.15, 0.2) is 42.6 Å². The molecule has 1 aromatic carbocycles. The van der Waals surface area contributed by atoms with E-state index < -0.39 is 11.9 Å². The summed E-state index contributed by atoms with van der Waals surface area (Å²) < 4.78 is 0. The second kappa shape index (κ2) is 7.67. The fourth-order valence-electron chi connectivity index (χ4n) is 3.99. The van der Waals surface area contributed by atoms with Gasteiger partial charge in [0.05, 0.1) is 16.8 Å². The van der Waals surface area contributed by atoms with E-state index in [4.69, 9.17) is 0 Å². The maximum Gasteiger partial charge on any atom is 0.253 e. The number of nitriles is 1. The highest BCUT2D eigenvalue weighted by molar-refractivity contribution is 5.97. The number of piperidine rings is 1. The number of likely N-dealkylation sites (tertiary alicyclic amines) is 1. The summed E-state index contributed by atoms with van der Waals surface area (Å²) in [6, 6.07) is 12.4.